The van der Waals surface area contributed by atoms with E-state index < -0.39 is 0 Å². The highest BCUT2D eigenvalue weighted by Crippen LogP contribution is 2.29. The maximum atomic E-state index is 5.32. The fourth-order valence-corrected chi connectivity index (χ4v) is 2.28. The molecule has 0 aromatic carbocycles. The van der Waals surface area contributed by atoms with Gasteiger partial charge < -0.3 is 9.73 Å². The van der Waals surface area contributed by atoms with Crippen LogP contribution >= 0.6 is 15.9 Å². The van der Waals surface area contributed by atoms with Gasteiger partial charge in [0.2, 0.25) is 0 Å². The van der Waals surface area contributed by atoms with Gasteiger partial charge in [0.1, 0.15) is 0 Å². The lowest BCUT2D eigenvalue weighted by Crippen LogP contribution is -2.23. The van der Waals surface area contributed by atoms with Crippen molar-refractivity contribution in [1.29, 1.82) is 0 Å². The molecule has 3 heteroatoms. The van der Waals surface area contributed by atoms with E-state index in [2.05, 4.69) is 48.1 Å². The van der Waals surface area contributed by atoms with E-state index in [1.807, 2.05) is 0 Å². The van der Waals surface area contributed by atoms with Gasteiger partial charge in [-0.05, 0) is 47.3 Å². The molecule has 0 spiro atoms. The summed E-state index contributed by atoms with van der Waals surface area (Å²) < 4.78 is 6.18. The van der Waals surface area contributed by atoms with E-state index in [0.29, 0.717) is 6.04 Å². The summed E-state index contributed by atoms with van der Waals surface area (Å²) >= 11 is 3.46. The Labute approximate surface area is 107 Å². The second-order valence-corrected chi connectivity index (χ2v) is 5.13. The number of nitrogens with one attached hydrogen (secondary N) is 1. The first kappa shape index (κ1) is 13.8. The fourth-order valence-electron chi connectivity index (χ4n) is 1.76. The summed E-state index contributed by atoms with van der Waals surface area (Å²) in [7, 11) is 0. The predicted octanol–water partition coefficient (Wildman–Crippen LogP) is 4.52. The standard InChI is InChI=1S/C13H22BrNO/c1-4-7-15-12(9-10(3)5-2)11-6-8-16-13(11)14/h6,8,10,12,15H,4-5,7,9H2,1-3H3. The number of furan rings is 1. The Morgan fingerprint density at radius 2 is 2.19 bits per heavy atom. The molecule has 1 N–H and O–H groups in total. The Bertz CT molecular complexity index is 298. The fraction of sp³-hybridized carbons (Fsp3) is 0.692. The van der Waals surface area contributed by atoms with E-state index in [1.165, 1.54) is 12.0 Å². The highest BCUT2D eigenvalue weighted by atomic mass is 79.9. The Hall–Kier alpha value is -0.280. The molecule has 0 saturated heterocycles. The van der Waals surface area contributed by atoms with Crippen molar-refractivity contribution in [2.45, 2.75) is 46.1 Å². The molecule has 0 aliphatic heterocycles. The lowest BCUT2D eigenvalue weighted by atomic mass is 9.95. The summed E-state index contributed by atoms with van der Waals surface area (Å²) in [5.41, 5.74) is 1.24. The van der Waals surface area contributed by atoms with Crippen LogP contribution in [0.2, 0.25) is 0 Å². The zero-order chi connectivity index (χ0) is 12.0. The van der Waals surface area contributed by atoms with Gasteiger partial charge in [-0.1, -0.05) is 27.2 Å². The molecule has 1 rings (SSSR count). The summed E-state index contributed by atoms with van der Waals surface area (Å²) in [5.74, 6) is 0.733. The molecular formula is C13H22BrNO. The molecule has 0 saturated carbocycles. The quantitative estimate of drug-likeness (QED) is 0.798. The van der Waals surface area contributed by atoms with Crippen molar-refractivity contribution in [2.75, 3.05) is 6.54 Å². The van der Waals surface area contributed by atoms with Crippen LogP contribution in [0.4, 0.5) is 0 Å². The molecule has 1 aromatic heterocycles. The van der Waals surface area contributed by atoms with E-state index in [4.69, 9.17) is 4.42 Å². The number of halogens is 1. The van der Waals surface area contributed by atoms with Crippen molar-refractivity contribution >= 4 is 15.9 Å². The zero-order valence-electron chi connectivity index (χ0n) is 10.4. The summed E-state index contributed by atoms with van der Waals surface area (Å²) in [6, 6.07) is 2.46. The highest BCUT2D eigenvalue weighted by Gasteiger charge is 2.18. The topological polar surface area (TPSA) is 25.2 Å². The van der Waals surface area contributed by atoms with Crippen LogP contribution < -0.4 is 5.32 Å². The van der Waals surface area contributed by atoms with Gasteiger partial charge in [-0.3, -0.25) is 0 Å². The summed E-state index contributed by atoms with van der Waals surface area (Å²) in [5, 5.41) is 3.59. The third-order valence-corrected chi connectivity index (χ3v) is 3.64. The maximum Gasteiger partial charge on any atom is 0.173 e. The average Bonchev–Trinajstić information content (AvgIpc) is 2.70. The van der Waals surface area contributed by atoms with Gasteiger partial charge in [0.05, 0.1) is 6.26 Å². The first-order valence-electron chi connectivity index (χ1n) is 6.15. The molecular weight excluding hydrogens is 266 g/mol. The minimum Gasteiger partial charge on any atom is -0.457 e. The molecule has 2 nitrogen and oxygen atoms in total. The van der Waals surface area contributed by atoms with E-state index in [9.17, 15) is 0 Å². The molecule has 1 heterocycles. The van der Waals surface area contributed by atoms with Crippen molar-refractivity contribution in [1.82, 2.24) is 5.32 Å². The molecule has 1 aromatic rings. The molecule has 0 aliphatic carbocycles. The van der Waals surface area contributed by atoms with Crippen molar-refractivity contribution < 1.29 is 4.42 Å². The van der Waals surface area contributed by atoms with Gasteiger partial charge in [0.15, 0.2) is 4.67 Å². The summed E-state index contributed by atoms with van der Waals surface area (Å²) in [6.45, 7) is 7.79. The lowest BCUT2D eigenvalue weighted by molar-refractivity contribution is 0.397. The Morgan fingerprint density at radius 1 is 1.44 bits per heavy atom. The minimum absolute atomic E-state index is 0.406. The number of hydrogen-bond acceptors (Lipinski definition) is 2. The van der Waals surface area contributed by atoms with Crippen LogP contribution in [-0.4, -0.2) is 6.54 Å². The largest absolute Gasteiger partial charge is 0.457 e. The van der Waals surface area contributed by atoms with Crippen LogP contribution in [0.15, 0.2) is 21.4 Å². The second kappa shape index (κ2) is 7.13. The van der Waals surface area contributed by atoms with Gasteiger partial charge in [0.25, 0.3) is 0 Å². The predicted molar refractivity (Wildman–Crippen MR) is 71.5 cm³/mol. The Morgan fingerprint density at radius 3 is 2.69 bits per heavy atom. The smallest absolute Gasteiger partial charge is 0.173 e. The molecule has 0 radical (unpaired) electrons. The van der Waals surface area contributed by atoms with Crippen molar-refractivity contribution in [3.05, 3.63) is 22.6 Å². The molecule has 92 valence electrons. The molecule has 0 fully saturated rings. The molecule has 0 aliphatic rings. The van der Waals surface area contributed by atoms with Gasteiger partial charge in [0, 0.05) is 11.6 Å². The van der Waals surface area contributed by atoms with E-state index in [1.54, 1.807) is 6.26 Å². The molecule has 2 unspecified atom stereocenters. The van der Waals surface area contributed by atoms with Crippen LogP contribution in [-0.2, 0) is 0 Å². The number of hydrogen-bond donors (Lipinski definition) is 1. The molecule has 2 atom stereocenters. The monoisotopic (exact) mass is 287 g/mol. The first-order valence-corrected chi connectivity index (χ1v) is 6.94. The van der Waals surface area contributed by atoms with Crippen molar-refractivity contribution in [3.63, 3.8) is 0 Å². The second-order valence-electron chi connectivity index (χ2n) is 4.41. The van der Waals surface area contributed by atoms with E-state index in [-0.39, 0.29) is 0 Å². The summed E-state index contributed by atoms with van der Waals surface area (Å²) in [6.07, 6.45) is 5.29. The zero-order valence-corrected chi connectivity index (χ0v) is 12.0. The minimum atomic E-state index is 0.406. The van der Waals surface area contributed by atoms with Gasteiger partial charge in [-0.25, -0.2) is 0 Å². The third-order valence-electron chi connectivity index (χ3n) is 3.00. The molecule has 0 bridgehead atoms. The molecule has 16 heavy (non-hydrogen) atoms. The van der Waals surface area contributed by atoms with E-state index in [0.717, 1.165) is 30.0 Å². The molecule has 0 amide bonds. The van der Waals surface area contributed by atoms with Crippen LogP contribution in [0.1, 0.15) is 51.6 Å². The van der Waals surface area contributed by atoms with Crippen molar-refractivity contribution in [3.8, 4) is 0 Å². The average molecular weight is 288 g/mol. The third kappa shape index (κ3) is 3.95. The van der Waals surface area contributed by atoms with Crippen LogP contribution in [0.25, 0.3) is 0 Å². The van der Waals surface area contributed by atoms with Gasteiger partial charge in [-0.15, -0.1) is 0 Å². The van der Waals surface area contributed by atoms with Crippen LogP contribution in [0.5, 0.6) is 0 Å². The summed E-state index contributed by atoms with van der Waals surface area (Å²) in [4.78, 5) is 0. The first-order chi connectivity index (χ1) is 7.69. The van der Waals surface area contributed by atoms with Crippen LogP contribution in [0.3, 0.4) is 0 Å². The lowest BCUT2D eigenvalue weighted by Gasteiger charge is -2.21. The SMILES string of the molecule is CCCNC(CC(C)CC)c1ccoc1Br. The van der Waals surface area contributed by atoms with Gasteiger partial charge in [-0.2, -0.15) is 0 Å². The van der Waals surface area contributed by atoms with Crippen molar-refractivity contribution in [2.24, 2.45) is 5.92 Å². The Balaban J connectivity index is 2.67. The van der Waals surface area contributed by atoms with E-state index >= 15 is 0 Å². The maximum absolute atomic E-state index is 5.32. The highest BCUT2D eigenvalue weighted by molar-refractivity contribution is 9.10. The normalized spacial score (nSPS) is 15.0. The van der Waals surface area contributed by atoms with Crippen LogP contribution in [0, 0.1) is 5.92 Å². The number of rotatable bonds is 7. The van der Waals surface area contributed by atoms with Gasteiger partial charge >= 0.3 is 0 Å². The Kier molecular flexibility index (Phi) is 6.14.